The highest BCUT2D eigenvalue weighted by Crippen LogP contribution is 2.55. The van der Waals surface area contributed by atoms with Crippen LogP contribution < -0.4 is 19.7 Å². The standard InChI is InChI=1S/C28H24ClFN6O4/c1-13(2)35-22-21(33-23(35)15-12-31-27(40-5)34-24(15)39-4)25(37)36(19-8-6-7-17(29)20(19)30)28(22)16-10-9-14(3)11-18(16)32-26(28)38/h6-13H,1-5H3,(H,32,38). The van der Waals surface area contributed by atoms with Crippen LogP contribution in [0.25, 0.3) is 11.4 Å². The normalized spacial score (nSPS) is 17.4. The number of benzene rings is 2. The van der Waals surface area contributed by atoms with Gasteiger partial charge in [0.25, 0.3) is 11.8 Å². The fraction of sp³-hybridized carbons (Fsp3) is 0.250. The SMILES string of the molecule is COc1ncc(-c2nc3c(n2C(C)C)C2(C(=O)Nc4cc(C)ccc42)N(c2cccc(Cl)c2F)C3=O)c(OC)n1. The van der Waals surface area contributed by atoms with Gasteiger partial charge >= 0.3 is 6.01 Å². The van der Waals surface area contributed by atoms with Gasteiger partial charge in [0.15, 0.2) is 17.1 Å². The number of carbonyl (C=O) groups is 2. The highest BCUT2D eigenvalue weighted by molar-refractivity contribution is 6.31. The van der Waals surface area contributed by atoms with Gasteiger partial charge in [-0.15, -0.1) is 0 Å². The summed E-state index contributed by atoms with van der Waals surface area (Å²) in [6, 6.07) is 9.54. The van der Waals surface area contributed by atoms with Crippen LogP contribution in [0.5, 0.6) is 11.9 Å². The first-order valence-corrected chi connectivity index (χ1v) is 12.8. The van der Waals surface area contributed by atoms with Gasteiger partial charge in [-0.2, -0.15) is 4.98 Å². The van der Waals surface area contributed by atoms with Crippen LogP contribution in [0.4, 0.5) is 15.8 Å². The van der Waals surface area contributed by atoms with Crippen molar-refractivity contribution in [1.82, 2.24) is 19.5 Å². The van der Waals surface area contributed by atoms with Crippen LogP contribution in [0, 0.1) is 12.7 Å². The maximum atomic E-state index is 15.6. The molecule has 2 aliphatic rings. The molecule has 4 aromatic rings. The fourth-order valence-electron chi connectivity index (χ4n) is 5.57. The van der Waals surface area contributed by atoms with E-state index in [1.807, 2.05) is 32.9 Å². The van der Waals surface area contributed by atoms with Gasteiger partial charge in [-0.3, -0.25) is 14.5 Å². The molecule has 2 aromatic heterocycles. The number of anilines is 2. The zero-order valence-electron chi connectivity index (χ0n) is 22.2. The molecule has 2 amide bonds. The fourth-order valence-corrected chi connectivity index (χ4v) is 5.74. The molecular weight excluding hydrogens is 539 g/mol. The summed E-state index contributed by atoms with van der Waals surface area (Å²) in [4.78, 5) is 42.9. The summed E-state index contributed by atoms with van der Waals surface area (Å²) in [5, 5.41) is 2.74. The van der Waals surface area contributed by atoms with Gasteiger partial charge in [-0.1, -0.05) is 29.8 Å². The van der Waals surface area contributed by atoms with Crippen LogP contribution >= 0.6 is 11.6 Å². The van der Waals surface area contributed by atoms with E-state index in [4.69, 9.17) is 26.1 Å². The Hall–Kier alpha value is -4.51. The lowest BCUT2D eigenvalue weighted by atomic mass is 9.86. The maximum Gasteiger partial charge on any atom is 0.319 e. The first-order chi connectivity index (χ1) is 19.1. The number of aryl methyl sites for hydroxylation is 1. The number of carbonyl (C=O) groups excluding carboxylic acids is 2. The van der Waals surface area contributed by atoms with Crippen LogP contribution in [0.2, 0.25) is 5.02 Å². The third kappa shape index (κ3) is 3.30. The second-order valence-electron chi connectivity index (χ2n) is 9.80. The number of halogens is 2. The number of fused-ring (bicyclic) bond motifs is 4. The predicted molar refractivity (Wildman–Crippen MR) is 146 cm³/mol. The molecular formula is C28H24ClFN6O4. The molecule has 4 heterocycles. The van der Waals surface area contributed by atoms with E-state index < -0.39 is 23.2 Å². The zero-order valence-corrected chi connectivity index (χ0v) is 23.0. The number of hydrogen-bond donors (Lipinski definition) is 1. The lowest BCUT2D eigenvalue weighted by Crippen LogP contribution is -2.51. The molecule has 0 saturated heterocycles. The van der Waals surface area contributed by atoms with E-state index in [0.29, 0.717) is 28.3 Å². The number of amides is 2. The molecule has 2 aromatic carbocycles. The van der Waals surface area contributed by atoms with E-state index >= 15 is 4.39 Å². The Balaban J connectivity index is 1.73. The number of nitrogens with zero attached hydrogens (tertiary/aromatic N) is 5. The number of ether oxygens (including phenoxy) is 2. The summed E-state index contributed by atoms with van der Waals surface area (Å²) in [5.74, 6) is -1.52. The molecule has 0 aliphatic carbocycles. The van der Waals surface area contributed by atoms with Crippen LogP contribution in [0.3, 0.4) is 0 Å². The van der Waals surface area contributed by atoms with E-state index in [2.05, 4.69) is 15.3 Å². The molecule has 0 fully saturated rings. The van der Waals surface area contributed by atoms with Gasteiger partial charge in [0.1, 0.15) is 5.82 Å². The molecule has 12 heteroatoms. The second kappa shape index (κ2) is 9.02. The van der Waals surface area contributed by atoms with E-state index in [1.54, 1.807) is 10.6 Å². The number of hydrogen-bond acceptors (Lipinski definition) is 7. The molecule has 204 valence electrons. The average Bonchev–Trinajstić information content (AvgIpc) is 3.54. The Bertz CT molecular complexity index is 1740. The van der Waals surface area contributed by atoms with Crippen LogP contribution in [0.15, 0.2) is 42.6 Å². The maximum absolute atomic E-state index is 15.6. The molecule has 6 rings (SSSR count). The van der Waals surface area contributed by atoms with Crippen LogP contribution in [-0.4, -0.2) is 45.6 Å². The topological polar surface area (TPSA) is 111 Å². The molecule has 2 aliphatic heterocycles. The number of nitrogens with one attached hydrogen (secondary N) is 1. The van der Waals surface area contributed by atoms with Gasteiger partial charge < -0.3 is 19.4 Å². The minimum atomic E-state index is -1.78. The molecule has 1 N–H and O–H groups in total. The molecule has 0 bridgehead atoms. The average molecular weight is 563 g/mol. The molecule has 0 saturated carbocycles. The van der Waals surface area contributed by atoms with Crippen molar-refractivity contribution >= 4 is 34.8 Å². The van der Waals surface area contributed by atoms with Crippen molar-refractivity contribution in [3.05, 3.63) is 75.9 Å². The summed E-state index contributed by atoms with van der Waals surface area (Å²) >= 11 is 6.15. The van der Waals surface area contributed by atoms with Gasteiger partial charge in [0.2, 0.25) is 5.88 Å². The van der Waals surface area contributed by atoms with E-state index in [0.717, 1.165) is 10.5 Å². The second-order valence-corrected chi connectivity index (χ2v) is 10.2. The first kappa shape index (κ1) is 25.8. The van der Waals surface area contributed by atoms with Gasteiger partial charge in [0.05, 0.1) is 36.2 Å². The smallest absolute Gasteiger partial charge is 0.319 e. The number of imidazole rings is 1. The van der Waals surface area contributed by atoms with Crippen molar-refractivity contribution in [3.8, 4) is 23.3 Å². The van der Waals surface area contributed by atoms with Crippen LogP contribution in [0.1, 0.15) is 47.2 Å². The van der Waals surface area contributed by atoms with Crippen molar-refractivity contribution in [2.75, 3.05) is 24.4 Å². The highest BCUT2D eigenvalue weighted by atomic mass is 35.5. The summed E-state index contributed by atoms with van der Waals surface area (Å²) in [6.07, 6.45) is 1.48. The van der Waals surface area contributed by atoms with Crippen molar-refractivity contribution in [2.24, 2.45) is 0 Å². The zero-order chi connectivity index (χ0) is 28.5. The third-order valence-electron chi connectivity index (χ3n) is 7.17. The van der Waals surface area contributed by atoms with E-state index in [1.165, 1.54) is 38.6 Å². The Kier molecular flexibility index (Phi) is 5.81. The minimum Gasteiger partial charge on any atom is -0.480 e. The Morgan fingerprint density at radius 3 is 2.58 bits per heavy atom. The largest absolute Gasteiger partial charge is 0.480 e. The first-order valence-electron chi connectivity index (χ1n) is 12.4. The Morgan fingerprint density at radius 1 is 1.10 bits per heavy atom. The lowest BCUT2D eigenvalue weighted by molar-refractivity contribution is -0.119. The molecule has 0 radical (unpaired) electrons. The minimum absolute atomic E-state index is 0.00970. The van der Waals surface area contributed by atoms with E-state index in [9.17, 15) is 9.59 Å². The molecule has 1 spiro atoms. The molecule has 40 heavy (non-hydrogen) atoms. The number of rotatable bonds is 5. The number of aromatic nitrogens is 4. The number of methoxy groups -OCH3 is 2. The van der Waals surface area contributed by atoms with Gasteiger partial charge in [0, 0.05) is 23.5 Å². The molecule has 10 nitrogen and oxygen atoms in total. The summed E-state index contributed by atoms with van der Waals surface area (Å²) in [6.45, 7) is 5.68. The third-order valence-corrected chi connectivity index (χ3v) is 7.47. The van der Waals surface area contributed by atoms with Crippen LogP contribution in [-0.2, 0) is 10.3 Å². The lowest BCUT2D eigenvalue weighted by Gasteiger charge is -2.36. The summed E-state index contributed by atoms with van der Waals surface area (Å²) in [5.41, 5.74) is 0.654. The van der Waals surface area contributed by atoms with Crippen molar-refractivity contribution in [3.63, 3.8) is 0 Å². The molecule has 1 unspecified atom stereocenters. The van der Waals surface area contributed by atoms with Gasteiger partial charge in [-0.05, 0) is 44.5 Å². The Morgan fingerprint density at radius 2 is 1.88 bits per heavy atom. The quantitative estimate of drug-likeness (QED) is 0.368. The van der Waals surface area contributed by atoms with Gasteiger partial charge in [-0.25, -0.2) is 14.4 Å². The summed E-state index contributed by atoms with van der Waals surface area (Å²) in [7, 11) is 2.88. The monoisotopic (exact) mass is 562 g/mol. The Labute approximate surface area is 233 Å². The predicted octanol–water partition coefficient (Wildman–Crippen LogP) is 4.90. The van der Waals surface area contributed by atoms with Crippen molar-refractivity contribution < 1.29 is 23.5 Å². The summed E-state index contributed by atoms with van der Waals surface area (Å²) < 4.78 is 28.0. The molecule has 1 atom stereocenters. The van der Waals surface area contributed by atoms with E-state index in [-0.39, 0.29) is 34.3 Å². The highest BCUT2D eigenvalue weighted by Gasteiger charge is 2.64. The van der Waals surface area contributed by atoms with Crippen molar-refractivity contribution in [1.29, 1.82) is 0 Å². The van der Waals surface area contributed by atoms with Crippen molar-refractivity contribution in [2.45, 2.75) is 32.4 Å².